The van der Waals surface area contributed by atoms with Crippen LogP contribution in [0.25, 0.3) is 0 Å². The van der Waals surface area contributed by atoms with E-state index in [0.29, 0.717) is 11.3 Å². The smallest absolute Gasteiger partial charge is 0.223 e. The molecule has 0 bridgehead atoms. The lowest BCUT2D eigenvalue weighted by atomic mass is 10.1. The molecular weight excluding hydrogens is 102 g/mol. The molecule has 0 aromatic heterocycles. The lowest BCUT2D eigenvalue weighted by Gasteiger charge is -1.97. The summed E-state index contributed by atoms with van der Waals surface area (Å²) in [4.78, 5) is 10.7. The Bertz CT molecular complexity index is 155. The molecule has 1 saturated carbocycles. The van der Waals surface area contributed by atoms with Crippen LogP contribution in [0.15, 0.2) is 0 Å². The highest BCUT2D eigenvalue weighted by Gasteiger charge is 2.58. The molecule has 2 rings (SSSR count). The number of rotatable bonds is 0. The maximum absolute atomic E-state index is 10.7. The largest absolute Gasteiger partial charge is 0.355 e. The first kappa shape index (κ1) is 4.36. The molecule has 2 nitrogen and oxygen atoms in total. The number of hydrogen-bond donors (Lipinski definition) is 1. The fourth-order valence-electron chi connectivity index (χ4n) is 1.42. The van der Waals surface area contributed by atoms with E-state index in [0.717, 1.165) is 13.0 Å². The van der Waals surface area contributed by atoms with Gasteiger partial charge in [-0.2, -0.15) is 0 Å². The summed E-state index contributed by atoms with van der Waals surface area (Å²) in [5, 5.41) is 2.82. The van der Waals surface area contributed by atoms with Crippen LogP contribution in [0, 0.1) is 11.3 Å². The molecule has 0 aromatic carbocycles. The van der Waals surface area contributed by atoms with E-state index in [9.17, 15) is 4.79 Å². The summed E-state index contributed by atoms with van der Waals surface area (Å²) in [6, 6.07) is 0. The van der Waals surface area contributed by atoms with Gasteiger partial charge in [0.05, 0.1) is 0 Å². The average Bonchev–Trinajstić information content (AvgIpc) is 2.32. The lowest BCUT2D eigenvalue weighted by molar-refractivity contribution is -0.120. The van der Waals surface area contributed by atoms with Gasteiger partial charge in [0.2, 0.25) is 5.91 Å². The Morgan fingerprint density at radius 2 is 2.62 bits per heavy atom. The van der Waals surface area contributed by atoms with Crippen LogP contribution < -0.4 is 5.32 Å². The van der Waals surface area contributed by atoms with Crippen molar-refractivity contribution in [1.29, 1.82) is 0 Å². The number of amides is 1. The second-order valence-electron chi connectivity index (χ2n) is 3.13. The predicted octanol–water partition coefficient (Wildman–Crippen LogP) is 0.142. The fourth-order valence-corrected chi connectivity index (χ4v) is 1.42. The molecule has 1 saturated heterocycles. The molecule has 2 heteroatoms. The molecule has 2 atom stereocenters. The Kier molecular flexibility index (Phi) is 0.504. The summed E-state index contributed by atoms with van der Waals surface area (Å²) >= 11 is 0. The van der Waals surface area contributed by atoms with Gasteiger partial charge in [-0.15, -0.1) is 0 Å². The Balaban J connectivity index is 2.26. The number of carbonyl (C=O) groups is 1. The van der Waals surface area contributed by atoms with E-state index in [2.05, 4.69) is 12.2 Å². The second-order valence-corrected chi connectivity index (χ2v) is 3.13. The fraction of sp³-hybridized carbons (Fsp3) is 0.833. The zero-order chi connectivity index (χ0) is 5.78. The molecule has 1 heterocycles. The molecule has 0 spiro atoms. The molecule has 1 aliphatic carbocycles. The summed E-state index contributed by atoms with van der Waals surface area (Å²) in [5.41, 5.74) is 0.372. The summed E-state index contributed by atoms with van der Waals surface area (Å²) in [5.74, 6) is 0.648. The highest BCUT2D eigenvalue weighted by molar-refractivity contribution is 5.85. The van der Waals surface area contributed by atoms with Crippen molar-refractivity contribution in [2.45, 2.75) is 13.3 Å². The molecule has 0 aromatic rings. The molecule has 1 amide bonds. The van der Waals surface area contributed by atoms with Crippen molar-refractivity contribution in [2.24, 2.45) is 11.3 Å². The van der Waals surface area contributed by atoms with Gasteiger partial charge in [0.25, 0.3) is 0 Å². The van der Waals surface area contributed by atoms with Crippen LogP contribution in [-0.2, 0) is 4.79 Å². The zero-order valence-corrected chi connectivity index (χ0v) is 4.90. The molecule has 0 radical (unpaired) electrons. The third kappa shape index (κ3) is 0.320. The van der Waals surface area contributed by atoms with Crippen LogP contribution in [0.4, 0.5) is 0 Å². The van der Waals surface area contributed by atoms with Crippen LogP contribution in [0.3, 0.4) is 0 Å². The molecule has 44 valence electrons. The number of piperidine rings is 1. The van der Waals surface area contributed by atoms with E-state index >= 15 is 0 Å². The van der Waals surface area contributed by atoms with Crippen LogP contribution in [0.1, 0.15) is 13.3 Å². The Hall–Kier alpha value is -0.530. The minimum atomic E-state index is 0.271. The van der Waals surface area contributed by atoms with Gasteiger partial charge < -0.3 is 5.32 Å². The van der Waals surface area contributed by atoms with Crippen LogP contribution in [0.2, 0.25) is 0 Å². The standard InChI is InChI=1S/C6H9NO/c1-6-2-4(6)5(8)7-3-6/h4H,2-3H2,1H3,(H,7,8)/t4-,6+/m1/s1. The quantitative estimate of drug-likeness (QED) is 0.473. The maximum atomic E-state index is 10.7. The van der Waals surface area contributed by atoms with Crippen LogP contribution >= 0.6 is 0 Å². The van der Waals surface area contributed by atoms with Crippen molar-refractivity contribution in [2.75, 3.05) is 6.54 Å². The number of carbonyl (C=O) groups excluding carboxylic acids is 1. The number of nitrogens with one attached hydrogen (secondary N) is 1. The zero-order valence-electron chi connectivity index (χ0n) is 4.90. The highest BCUT2D eigenvalue weighted by atomic mass is 16.2. The summed E-state index contributed by atoms with van der Waals surface area (Å²) in [6.45, 7) is 3.08. The third-order valence-corrected chi connectivity index (χ3v) is 2.33. The first-order valence-corrected chi connectivity index (χ1v) is 3.00. The van der Waals surface area contributed by atoms with E-state index in [-0.39, 0.29) is 5.91 Å². The van der Waals surface area contributed by atoms with Gasteiger partial charge in [-0.05, 0) is 11.8 Å². The molecule has 2 aliphatic rings. The minimum absolute atomic E-state index is 0.271. The first-order chi connectivity index (χ1) is 3.72. The van der Waals surface area contributed by atoms with E-state index in [1.54, 1.807) is 0 Å². The summed E-state index contributed by atoms with van der Waals surface area (Å²) < 4.78 is 0. The van der Waals surface area contributed by atoms with Gasteiger partial charge in [0.15, 0.2) is 0 Å². The molecule has 1 N–H and O–H groups in total. The number of fused-ring (bicyclic) bond motifs is 1. The third-order valence-electron chi connectivity index (χ3n) is 2.33. The average molecular weight is 111 g/mol. The predicted molar refractivity (Wildman–Crippen MR) is 29.2 cm³/mol. The molecule has 2 fully saturated rings. The Morgan fingerprint density at radius 1 is 1.88 bits per heavy atom. The summed E-state index contributed by atoms with van der Waals surface area (Å²) in [6.07, 6.45) is 1.12. The van der Waals surface area contributed by atoms with E-state index in [1.165, 1.54) is 0 Å². The van der Waals surface area contributed by atoms with Crippen LogP contribution in [0.5, 0.6) is 0 Å². The van der Waals surface area contributed by atoms with Gasteiger partial charge in [0, 0.05) is 12.5 Å². The van der Waals surface area contributed by atoms with Gasteiger partial charge in [0.1, 0.15) is 0 Å². The van der Waals surface area contributed by atoms with Gasteiger partial charge >= 0.3 is 0 Å². The van der Waals surface area contributed by atoms with Gasteiger partial charge in [-0.1, -0.05) is 6.92 Å². The van der Waals surface area contributed by atoms with Crippen molar-refractivity contribution in [3.63, 3.8) is 0 Å². The van der Waals surface area contributed by atoms with E-state index in [4.69, 9.17) is 0 Å². The van der Waals surface area contributed by atoms with Crippen molar-refractivity contribution < 1.29 is 4.79 Å². The van der Waals surface area contributed by atoms with Gasteiger partial charge in [-0.25, -0.2) is 0 Å². The molecule has 1 aliphatic heterocycles. The van der Waals surface area contributed by atoms with Crippen molar-refractivity contribution in [3.8, 4) is 0 Å². The maximum Gasteiger partial charge on any atom is 0.223 e. The minimum Gasteiger partial charge on any atom is -0.355 e. The topological polar surface area (TPSA) is 29.1 Å². The Morgan fingerprint density at radius 3 is 2.75 bits per heavy atom. The SMILES string of the molecule is C[C@]12CNC(=O)[C@H]1C2. The first-order valence-electron chi connectivity index (χ1n) is 3.00. The van der Waals surface area contributed by atoms with Crippen molar-refractivity contribution >= 4 is 5.91 Å². The van der Waals surface area contributed by atoms with Gasteiger partial charge in [-0.3, -0.25) is 4.79 Å². The van der Waals surface area contributed by atoms with E-state index in [1.807, 2.05) is 0 Å². The molecule has 0 unspecified atom stereocenters. The van der Waals surface area contributed by atoms with E-state index < -0.39 is 0 Å². The van der Waals surface area contributed by atoms with Crippen molar-refractivity contribution in [1.82, 2.24) is 5.32 Å². The van der Waals surface area contributed by atoms with Crippen LogP contribution in [-0.4, -0.2) is 12.5 Å². The second kappa shape index (κ2) is 0.925. The summed E-state index contributed by atoms with van der Waals surface area (Å²) in [7, 11) is 0. The normalized spacial score (nSPS) is 50.6. The monoisotopic (exact) mass is 111 g/mol. The molecule has 8 heavy (non-hydrogen) atoms. The van der Waals surface area contributed by atoms with Crippen molar-refractivity contribution in [3.05, 3.63) is 0 Å². The highest BCUT2D eigenvalue weighted by Crippen LogP contribution is 2.54. The molecular formula is C6H9NO. The number of hydrogen-bond acceptors (Lipinski definition) is 1. The Labute approximate surface area is 48.3 Å². The lowest BCUT2D eigenvalue weighted by Crippen LogP contribution is -2.19.